The third kappa shape index (κ3) is 3.23. The van der Waals surface area contributed by atoms with Gasteiger partial charge in [0, 0.05) is 16.8 Å². The number of aromatic nitrogens is 5. The lowest BCUT2D eigenvalue weighted by Crippen LogP contribution is -2.11. The van der Waals surface area contributed by atoms with E-state index < -0.39 is 10.0 Å². The molecule has 0 aliphatic rings. The van der Waals surface area contributed by atoms with Gasteiger partial charge in [0.25, 0.3) is 10.0 Å². The summed E-state index contributed by atoms with van der Waals surface area (Å²) in [6.07, 6.45) is 3.99. The SMILES string of the molecule is O=S(=O)(Nc1ccc(Sc2ncn[nH]2)cc1)c1cn[nH]c1. The maximum atomic E-state index is 12.0. The van der Waals surface area contributed by atoms with Crippen LogP contribution in [0, 0.1) is 0 Å². The van der Waals surface area contributed by atoms with Crippen LogP contribution in [0.4, 0.5) is 5.69 Å². The molecule has 21 heavy (non-hydrogen) atoms. The highest BCUT2D eigenvalue weighted by Gasteiger charge is 2.15. The summed E-state index contributed by atoms with van der Waals surface area (Å²) in [4.78, 5) is 5.00. The van der Waals surface area contributed by atoms with E-state index in [4.69, 9.17) is 0 Å². The minimum absolute atomic E-state index is 0.0858. The van der Waals surface area contributed by atoms with Crippen molar-refractivity contribution in [3.63, 3.8) is 0 Å². The van der Waals surface area contributed by atoms with Crippen molar-refractivity contribution in [3.8, 4) is 0 Å². The first-order valence-corrected chi connectivity index (χ1v) is 8.08. The molecule has 3 rings (SSSR count). The van der Waals surface area contributed by atoms with Gasteiger partial charge in [-0.25, -0.2) is 13.4 Å². The van der Waals surface area contributed by atoms with Crippen LogP contribution in [0.1, 0.15) is 0 Å². The topological polar surface area (TPSA) is 116 Å². The summed E-state index contributed by atoms with van der Waals surface area (Å²) in [7, 11) is -3.61. The van der Waals surface area contributed by atoms with Gasteiger partial charge in [-0.3, -0.25) is 14.9 Å². The fourth-order valence-electron chi connectivity index (χ4n) is 1.55. The maximum absolute atomic E-state index is 12.0. The molecule has 0 saturated heterocycles. The number of H-pyrrole nitrogens is 2. The Kier molecular flexibility index (Phi) is 3.62. The first-order valence-electron chi connectivity index (χ1n) is 5.78. The van der Waals surface area contributed by atoms with E-state index in [2.05, 4.69) is 30.1 Å². The van der Waals surface area contributed by atoms with Crippen LogP contribution in [-0.4, -0.2) is 33.8 Å². The van der Waals surface area contributed by atoms with Crippen molar-refractivity contribution in [1.29, 1.82) is 0 Å². The van der Waals surface area contributed by atoms with Gasteiger partial charge in [-0.2, -0.15) is 10.2 Å². The minimum Gasteiger partial charge on any atom is -0.284 e. The Morgan fingerprint density at radius 3 is 2.57 bits per heavy atom. The average Bonchev–Trinajstić information content (AvgIpc) is 3.13. The van der Waals surface area contributed by atoms with Crippen LogP contribution in [0.15, 0.2) is 57.9 Å². The molecule has 0 spiro atoms. The van der Waals surface area contributed by atoms with Gasteiger partial charge >= 0.3 is 0 Å². The zero-order chi connectivity index (χ0) is 14.7. The zero-order valence-corrected chi connectivity index (χ0v) is 12.1. The van der Waals surface area contributed by atoms with Crippen molar-refractivity contribution >= 4 is 27.5 Å². The van der Waals surface area contributed by atoms with Crippen LogP contribution < -0.4 is 4.72 Å². The molecule has 3 aromatic rings. The van der Waals surface area contributed by atoms with Crippen molar-refractivity contribution in [2.24, 2.45) is 0 Å². The van der Waals surface area contributed by atoms with Crippen molar-refractivity contribution in [2.75, 3.05) is 4.72 Å². The predicted molar refractivity (Wildman–Crippen MR) is 76.3 cm³/mol. The molecule has 3 N–H and O–H groups in total. The van der Waals surface area contributed by atoms with E-state index in [9.17, 15) is 8.42 Å². The quantitative estimate of drug-likeness (QED) is 0.655. The van der Waals surface area contributed by atoms with Crippen LogP contribution in [0.25, 0.3) is 0 Å². The van der Waals surface area contributed by atoms with Crippen LogP contribution in [0.5, 0.6) is 0 Å². The van der Waals surface area contributed by atoms with Gasteiger partial charge in [0.1, 0.15) is 11.2 Å². The first kappa shape index (κ1) is 13.6. The number of anilines is 1. The summed E-state index contributed by atoms with van der Waals surface area (Å²) < 4.78 is 26.5. The highest BCUT2D eigenvalue weighted by atomic mass is 32.2. The van der Waals surface area contributed by atoms with Crippen LogP contribution in [-0.2, 0) is 10.0 Å². The second kappa shape index (κ2) is 5.58. The molecule has 0 unspecified atom stereocenters. The van der Waals surface area contributed by atoms with E-state index in [1.165, 1.54) is 30.5 Å². The van der Waals surface area contributed by atoms with Crippen LogP contribution >= 0.6 is 11.8 Å². The number of hydrogen-bond donors (Lipinski definition) is 3. The van der Waals surface area contributed by atoms with Crippen molar-refractivity contribution < 1.29 is 8.42 Å². The molecular formula is C11H10N6O2S2. The van der Waals surface area contributed by atoms with Gasteiger partial charge < -0.3 is 0 Å². The summed E-state index contributed by atoms with van der Waals surface area (Å²) in [6.45, 7) is 0. The number of sulfonamides is 1. The monoisotopic (exact) mass is 322 g/mol. The molecule has 2 aromatic heterocycles. The highest BCUT2D eigenvalue weighted by Crippen LogP contribution is 2.25. The number of hydrogen-bond acceptors (Lipinski definition) is 6. The molecule has 0 aliphatic carbocycles. The van der Waals surface area contributed by atoms with Crippen molar-refractivity contribution in [1.82, 2.24) is 25.4 Å². The third-order valence-corrected chi connectivity index (χ3v) is 4.74. The summed E-state index contributed by atoms with van der Waals surface area (Å²) >= 11 is 1.40. The second-order valence-corrected chi connectivity index (χ2v) is 6.70. The summed E-state index contributed by atoms with van der Waals surface area (Å²) in [5.74, 6) is 0. The van der Waals surface area contributed by atoms with Gasteiger partial charge in [-0.15, -0.1) is 0 Å². The molecule has 0 aliphatic heterocycles. The molecule has 0 amide bonds. The Hall–Kier alpha value is -2.33. The molecular weight excluding hydrogens is 312 g/mol. The van der Waals surface area contributed by atoms with E-state index in [1.54, 1.807) is 24.3 Å². The van der Waals surface area contributed by atoms with Gasteiger partial charge in [0.15, 0.2) is 5.16 Å². The molecule has 10 heteroatoms. The fraction of sp³-hybridized carbons (Fsp3) is 0. The number of nitrogens with zero attached hydrogens (tertiary/aromatic N) is 3. The van der Waals surface area contributed by atoms with E-state index in [0.717, 1.165) is 4.90 Å². The van der Waals surface area contributed by atoms with Crippen LogP contribution in [0.3, 0.4) is 0 Å². The lowest BCUT2D eigenvalue weighted by molar-refractivity contribution is 0.601. The summed E-state index contributed by atoms with van der Waals surface area (Å²) in [6, 6.07) is 6.94. The maximum Gasteiger partial charge on any atom is 0.265 e. The second-order valence-electron chi connectivity index (χ2n) is 3.96. The Balaban J connectivity index is 1.73. The number of rotatable bonds is 5. The van der Waals surface area contributed by atoms with E-state index >= 15 is 0 Å². The third-order valence-electron chi connectivity index (χ3n) is 2.50. The van der Waals surface area contributed by atoms with Crippen molar-refractivity contribution in [2.45, 2.75) is 14.9 Å². The predicted octanol–water partition coefficient (Wildman–Crippen LogP) is 1.48. The lowest BCUT2D eigenvalue weighted by atomic mass is 10.3. The van der Waals surface area contributed by atoms with Crippen LogP contribution in [0.2, 0.25) is 0 Å². The van der Waals surface area contributed by atoms with E-state index in [-0.39, 0.29) is 4.90 Å². The smallest absolute Gasteiger partial charge is 0.265 e. The molecule has 0 atom stereocenters. The van der Waals surface area contributed by atoms with Crippen molar-refractivity contribution in [3.05, 3.63) is 43.0 Å². The zero-order valence-electron chi connectivity index (χ0n) is 10.5. The largest absolute Gasteiger partial charge is 0.284 e. The summed E-state index contributed by atoms with van der Waals surface area (Å²) in [5, 5.41) is 13.2. The Bertz CT molecular complexity index is 797. The molecule has 1 aromatic carbocycles. The normalized spacial score (nSPS) is 11.4. The molecule has 0 fully saturated rings. The highest BCUT2D eigenvalue weighted by molar-refractivity contribution is 7.99. The number of nitrogens with one attached hydrogen (secondary N) is 3. The number of benzene rings is 1. The Labute approximate surface area is 124 Å². The molecule has 0 saturated carbocycles. The Morgan fingerprint density at radius 2 is 1.95 bits per heavy atom. The molecule has 0 bridgehead atoms. The Morgan fingerprint density at radius 1 is 1.14 bits per heavy atom. The summed E-state index contributed by atoms with van der Waals surface area (Å²) in [5.41, 5.74) is 0.470. The average molecular weight is 322 g/mol. The van der Waals surface area contributed by atoms with Gasteiger partial charge in [0.05, 0.1) is 6.20 Å². The molecule has 108 valence electrons. The first-order chi connectivity index (χ1) is 10.1. The number of aromatic amines is 2. The fourth-order valence-corrected chi connectivity index (χ4v) is 3.20. The van der Waals surface area contributed by atoms with Gasteiger partial charge in [-0.05, 0) is 24.3 Å². The van der Waals surface area contributed by atoms with Gasteiger partial charge in [-0.1, -0.05) is 11.8 Å². The molecule has 8 nitrogen and oxygen atoms in total. The van der Waals surface area contributed by atoms with E-state index in [0.29, 0.717) is 10.8 Å². The van der Waals surface area contributed by atoms with E-state index in [1.807, 2.05) is 0 Å². The van der Waals surface area contributed by atoms with Gasteiger partial charge in [0.2, 0.25) is 0 Å². The molecule has 2 heterocycles. The minimum atomic E-state index is -3.61. The standard InChI is InChI=1S/C11H10N6O2S2/c18-21(19,10-5-13-14-6-10)17-8-1-3-9(4-2-8)20-11-12-7-15-16-11/h1-7,17H,(H,13,14)(H,12,15,16). The lowest BCUT2D eigenvalue weighted by Gasteiger charge is -2.06. The molecule has 0 radical (unpaired) electrons.